The van der Waals surface area contributed by atoms with E-state index >= 15 is 0 Å². The second-order valence-electron chi connectivity index (χ2n) is 4.51. The standard InChI is InChI=1S/C15H20N4O/c1-4-20-14-6-5-13(7-12(14)8-16)19-15-9-17-10(2)11(3)18-15/h5-7,9H,4,8,16H2,1-3H3,(H,18,19). The number of benzene rings is 1. The molecule has 0 radical (unpaired) electrons. The zero-order valence-electron chi connectivity index (χ0n) is 12.1. The first-order chi connectivity index (χ1) is 9.63. The van der Waals surface area contributed by atoms with E-state index < -0.39 is 0 Å². The molecule has 1 aromatic carbocycles. The largest absolute Gasteiger partial charge is 0.494 e. The first-order valence-electron chi connectivity index (χ1n) is 6.67. The molecule has 0 saturated carbocycles. The van der Waals surface area contributed by atoms with Gasteiger partial charge in [-0.3, -0.25) is 4.98 Å². The van der Waals surface area contributed by atoms with E-state index in [1.807, 2.05) is 39.0 Å². The predicted octanol–water partition coefficient (Wildman–Crippen LogP) is 2.69. The van der Waals surface area contributed by atoms with Gasteiger partial charge in [-0.15, -0.1) is 0 Å². The highest BCUT2D eigenvalue weighted by molar-refractivity contribution is 5.59. The van der Waals surface area contributed by atoms with Crippen molar-refractivity contribution in [1.82, 2.24) is 9.97 Å². The van der Waals surface area contributed by atoms with Crippen LogP contribution in [0.5, 0.6) is 5.75 Å². The number of aromatic nitrogens is 2. The van der Waals surface area contributed by atoms with Crippen LogP contribution in [0.25, 0.3) is 0 Å². The zero-order valence-corrected chi connectivity index (χ0v) is 12.1. The van der Waals surface area contributed by atoms with Crippen LogP contribution in [-0.2, 0) is 6.54 Å². The summed E-state index contributed by atoms with van der Waals surface area (Å²) in [5.41, 5.74) is 9.49. The minimum Gasteiger partial charge on any atom is -0.494 e. The van der Waals surface area contributed by atoms with Crippen molar-refractivity contribution in [2.45, 2.75) is 27.3 Å². The van der Waals surface area contributed by atoms with Crippen molar-refractivity contribution in [2.75, 3.05) is 11.9 Å². The van der Waals surface area contributed by atoms with Crippen LogP contribution in [0.1, 0.15) is 23.9 Å². The van der Waals surface area contributed by atoms with Gasteiger partial charge in [0.15, 0.2) is 0 Å². The summed E-state index contributed by atoms with van der Waals surface area (Å²) in [5.74, 6) is 1.55. The van der Waals surface area contributed by atoms with Gasteiger partial charge in [-0.2, -0.15) is 0 Å². The first-order valence-corrected chi connectivity index (χ1v) is 6.67. The zero-order chi connectivity index (χ0) is 14.5. The number of rotatable bonds is 5. The first kappa shape index (κ1) is 14.3. The number of ether oxygens (including phenoxy) is 1. The normalized spacial score (nSPS) is 10.4. The lowest BCUT2D eigenvalue weighted by Crippen LogP contribution is -2.04. The summed E-state index contributed by atoms with van der Waals surface area (Å²) in [7, 11) is 0. The Kier molecular flexibility index (Phi) is 4.53. The molecule has 0 aliphatic rings. The Morgan fingerprint density at radius 1 is 1.25 bits per heavy atom. The van der Waals surface area contributed by atoms with Crippen molar-refractivity contribution in [3.05, 3.63) is 41.3 Å². The molecule has 0 spiro atoms. The molecule has 0 atom stereocenters. The molecule has 0 fully saturated rings. The molecule has 2 aromatic rings. The maximum atomic E-state index is 5.75. The Morgan fingerprint density at radius 2 is 2.05 bits per heavy atom. The number of hydrogen-bond donors (Lipinski definition) is 2. The minimum absolute atomic E-state index is 0.434. The van der Waals surface area contributed by atoms with Gasteiger partial charge in [-0.25, -0.2) is 4.98 Å². The molecule has 5 nitrogen and oxygen atoms in total. The molecule has 0 bridgehead atoms. The van der Waals surface area contributed by atoms with Gasteiger partial charge in [0.2, 0.25) is 0 Å². The SMILES string of the molecule is CCOc1ccc(Nc2cnc(C)c(C)n2)cc1CN. The lowest BCUT2D eigenvalue weighted by molar-refractivity contribution is 0.336. The van der Waals surface area contributed by atoms with Crippen molar-refractivity contribution in [1.29, 1.82) is 0 Å². The van der Waals surface area contributed by atoms with Crippen molar-refractivity contribution in [3.8, 4) is 5.75 Å². The van der Waals surface area contributed by atoms with Crippen molar-refractivity contribution < 1.29 is 4.74 Å². The van der Waals surface area contributed by atoms with E-state index in [4.69, 9.17) is 10.5 Å². The van der Waals surface area contributed by atoms with Gasteiger partial charge in [0.1, 0.15) is 11.6 Å². The summed E-state index contributed by atoms with van der Waals surface area (Å²) in [6.07, 6.45) is 1.72. The Hall–Kier alpha value is -2.14. The minimum atomic E-state index is 0.434. The highest BCUT2D eigenvalue weighted by Gasteiger charge is 2.05. The summed E-state index contributed by atoms with van der Waals surface area (Å²) in [6, 6.07) is 5.84. The van der Waals surface area contributed by atoms with Crippen LogP contribution in [-0.4, -0.2) is 16.6 Å². The summed E-state index contributed by atoms with van der Waals surface area (Å²) < 4.78 is 5.53. The summed E-state index contributed by atoms with van der Waals surface area (Å²) in [6.45, 7) is 6.90. The number of nitrogens with one attached hydrogen (secondary N) is 1. The Labute approximate surface area is 119 Å². The van der Waals surface area contributed by atoms with E-state index in [1.165, 1.54) is 0 Å². The number of aryl methyl sites for hydroxylation is 2. The summed E-state index contributed by atoms with van der Waals surface area (Å²) in [4.78, 5) is 8.74. The van der Waals surface area contributed by atoms with E-state index in [0.717, 1.165) is 34.2 Å². The number of hydrogen-bond acceptors (Lipinski definition) is 5. The fraction of sp³-hybridized carbons (Fsp3) is 0.333. The molecule has 0 unspecified atom stereocenters. The predicted molar refractivity (Wildman–Crippen MR) is 80.3 cm³/mol. The molecule has 1 aromatic heterocycles. The highest BCUT2D eigenvalue weighted by Crippen LogP contribution is 2.24. The third-order valence-corrected chi connectivity index (χ3v) is 3.04. The van der Waals surface area contributed by atoms with Gasteiger partial charge >= 0.3 is 0 Å². The third kappa shape index (κ3) is 3.24. The quantitative estimate of drug-likeness (QED) is 0.875. The fourth-order valence-electron chi connectivity index (χ4n) is 1.86. The number of nitrogens with two attached hydrogens (primary N) is 1. The van der Waals surface area contributed by atoms with Gasteiger partial charge in [-0.05, 0) is 39.0 Å². The molecule has 1 heterocycles. The van der Waals surface area contributed by atoms with Crippen LogP contribution >= 0.6 is 0 Å². The molecule has 3 N–H and O–H groups in total. The van der Waals surface area contributed by atoms with Gasteiger partial charge < -0.3 is 15.8 Å². The van der Waals surface area contributed by atoms with Crippen LogP contribution in [0, 0.1) is 13.8 Å². The smallest absolute Gasteiger partial charge is 0.149 e. The van der Waals surface area contributed by atoms with Gasteiger partial charge in [-0.1, -0.05) is 0 Å². The van der Waals surface area contributed by atoms with E-state index in [0.29, 0.717) is 13.2 Å². The lowest BCUT2D eigenvalue weighted by atomic mass is 10.1. The van der Waals surface area contributed by atoms with Gasteiger partial charge in [0.25, 0.3) is 0 Å². The van der Waals surface area contributed by atoms with E-state index in [-0.39, 0.29) is 0 Å². The Morgan fingerprint density at radius 3 is 2.70 bits per heavy atom. The molecule has 20 heavy (non-hydrogen) atoms. The van der Waals surface area contributed by atoms with Crippen LogP contribution in [0.4, 0.5) is 11.5 Å². The van der Waals surface area contributed by atoms with Crippen molar-refractivity contribution in [3.63, 3.8) is 0 Å². The lowest BCUT2D eigenvalue weighted by Gasteiger charge is -2.12. The van der Waals surface area contributed by atoms with E-state index in [9.17, 15) is 0 Å². The Balaban J connectivity index is 2.22. The van der Waals surface area contributed by atoms with Gasteiger partial charge in [0, 0.05) is 17.8 Å². The van der Waals surface area contributed by atoms with Crippen molar-refractivity contribution >= 4 is 11.5 Å². The number of nitrogens with zero attached hydrogens (tertiary/aromatic N) is 2. The molecular formula is C15H20N4O. The van der Waals surface area contributed by atoms with Crippen LogP contribution < -0.4 is 15.8 Å². The fourth-order valence-corrected chi connectivity index (χ4v) is 1.86. The maximum Gasteiger partial charge on any atom is 0.149 e. The molecule has 0 aliphatic carbocycles. The summed E-state index contributed by atoms with van der Waals surface area (Å²) in [5, 5.41) is 3.23. The molecule has 0 saturated heterocycles. The van der Waals surface area contributed by atoms with E-state index in [1.54, 1.807) is 6.20 Å². The topological polar surface area (TPSA) is 73.1 Å². The maximum absolute atomic E-state index is 5.75. The van der Waals surface area contributed by atoms with E-state index in [2.05, 4.69) is 15.3 Å². The molecule has 0 aliphatic heterocycles. The van der Waals surface area contributed by atoms with Crippen LogP contribution in [0.15, 0.2) is 24.4 Å². The second-order valence-corrected chi connectivity index (χ2v) is 4.51. The molecule has 0 amide bonds. The second kappa shape index (κ2) is 6.34. The molecular weight excluding hydrogens is 252 g/mol. The average Bonchev–Trinajstić information content (AvgIpc) is 2.45. The average molecular weight is 272 g/mol. The molecule has 5 heteroatoms. The Bertz CT molecular complexity index is 598. The monoisotopic (exact) mass is 272 g/mol. The van der Waals surface area contributed by atoms with Crippen LogP contribution in [0.2, 0.25) is 0 Å². The molecule has 2 rings (SSSR count). The van der Waals surface area contributed by atoms with Crippen LogP contribution in [0.3, 0.4) is 0 Å². The molecule has 106 valence electrons. The number of anilines is 2. The highest BCUT2D eigenvalue weighted by atomic mass is 16.5. The summed E-state index contributed by atoms with van der Waals surface area (Å²) >= 11 is 0. The van der Waals surface area contributed by atoms with Crippen molar-refractivity contribution in [2.24, 2.45) is 5.73 Å². The van der Waals surface area contributed by atoms with Gasteiger partial charge in [0.05, 0.1) is 24.2 Å². The third-order valence-electron chi connectivity index (χ3n) is 3.04.